The fourth-order valence-electron chi connectivity index (χ4n) is 1.67. The molecule has 0 atom stereocenters. The Bertz CT molecular complexity index is 616. The van der Waals surface area contributed by atoms with Crippen molar-refractivity contribution in [3.05, 3.63) is 33.6 Å². The summed E-state index contributed by atoms with van der Waals surface area (Å²) in [6.45, 7) is 1.69. The van der Waals surface area contributed by atoms with E-state index < -0.39 is 5.97 Å². The Morgan fingerprint density at radius 1 is 1.52 bits per heavy atom. The molecule has 0 fully saturated rings. The third-order valence-corrected chi connectivity index (χ3v) is 3.68. The Morgan fingerprint density at radius 2 is 2.29 bits per heavy atom. The quantitative estimate of drug-likeness (QED) is 0.839. The number of thiophene rings is 1. The van der Waals surface area contributed by atoms with Gasteiger partial charge in [-0.2, -0.15) is 0 Å². The highest BCUT2D eigenvalue weighted by molar-refractivity contribution is 7.09. The van der Waals surface area contributed by atoms with E-state index in [0.29, 0.717) is 12.2 Å². The number of rotatable bonds is 5. The number of nitrogens with zero attached hydrogens (tertiary/aromatic N) is 2. The number of likely N-dealkylation sites (N-methyl/N-ethyl adjacent to an activating group) is 1. The van der Waals surface area contributed by atoms with Crippen LogP contribution in [0.2, 0.25) is 0 Å². The molecule has 0 radical (unpaired) electrons. The van der Waals surface area contributed by atoms with E-state index in [0.717, 1.165) is 4.88 Å². The minimum absolute atomic E-state index is 0.0590. The zero-order chi connectivity index (χ0) is 15.4. The lowest BCUT2D eigenvalue weighted by Crippen LogP contribution is -2.30. The number of ether oxygens (including phenoxy) is 1. The van der Waals surface area contributed by atoms with Gasteiger partial charge in [-0.05, 0) is 18.4 Å². The third kappa shape index (κ3) is 3.60. The second kappa shape index (κ2) is 6.40. The van der Waals surface area contributed by atoms with Crippen molar-refractivity contribution in [1.29, 1.82) is 0 Å². The van der Waals surface area contributed by atoms with Crippen LogP contribution < -0.4 is 5.73 Å². The van der Waals surface area contributed by atoms with Crippen LogP contribution in [-0.2, 0) is 16.1 Å². The van der Waals surface area contributed by atoms with Gasteiger partial charge in [0, 0.05) is 11.9 Å². The number of nitrogen functional groups attached to an aromatic ring is 1. The van der Waals surface area contributed by atoms with Crippen molar-refractivity contribution < 1.29 is 18.8 Å². The van der Waals surface area contributed by atoms with Gasteiger partial charge in [0.2, 0.25) is 5.88 Å². The minimum Gasteiger partial charge on any atom is -0.452 e. The van der Waals surface area contributed by atoms with Gasteiger partial charge in [-0.3, -0.25) is 4.79 Å². The van der Waals surface area contributed by atoms with Crippen molar-refractivity contribution in [2.75, 3.05) is 19.4 Å². The maximum Gasteiger partial charge on any atom is 0.346 e. The highest BCUT2D eigenvalue weighted by Gasteiger charge is 2.21. The van der Waals surface area contributed by atoms with Crippen molar-refractivity contribution in [2.45, 2.75) is 13.5 Å². The van der Waals surface area contributed by atoms with Gasteiger partial charge in [0.15, 0.2) is 6.61 Å². The molecule has 0 aliphatic carbocycles. The number of aromatic nitrogens is 1. The number of anilines is 1. The Kier molecular flexibility index (Phi) is 4.59. The molecule has 0 spiro atoms. The van der Waals surface area contributed by atoms with E-state index >= 15 is 0 Å². The maximum atomic E-state index is 11.9. The number of nitrogens with two attached hydrogens (primary N) is 1. The largest absolute Gasteiger partial charge is 0.452 e. The Morgan fingerprint density at radius 3 is 2.86 bits per heavy atom. The molecule has 0 saturated carbocycles. The molecule has 0 aliphatic rings. The molecule has 7 nitrogen and oxygen atoms in total. The van der Waals surface area contributed by atoms with Crippen LogP contribution in [-0.4, -0.2) is 35.6 Å². The van der Waals surface area contributed by atoms with Crippen LogP contribution in [0, 0.1) is 6.92 Å². The molecule has 2 aromatic rings. The summed E-state index contributed by atoms with van der Waals surface area (Å²) in [6.07, 6.45) is 0. The molecule has 8 heteroatoms. The number of hydrogen-bond acceptors (Lipinski definition) is 7. The fourth-order valence-corrected chi connectivity index (χ4v) is 2.43. The van der Waals surface area contributed by atoms with E-state index in [1.54, 1.807) is 25.3 Å². The first kappa shape index (κ1) is 15.0. The van der Waals surface area contributed by atoms with Crippen molar-refractivity contribution in [3.8, 4) is 0 Å². The summed E-state index contributed by atoms with van der Waals surface area (Å²) in [4.78, 5) is 26.3. The van der Waals surface area contributed by atoms with Gasteiger partial charge in [0.05, 0.1) is 12.2 Å². The Hall–Kier alpha value is -2.35. The van der Waals surface area contributed by atoms with Gasteiger partial charge in [0.25, 0.3) is 5.91 Å². The van der Waals surface area contributed by atoms with E-state index in [-0.39, 0.29) is 24.0 Å². The monoisotopic (exact) mass is 309 g/mol. The van der Waals surface area contributed by atoms with E-state index in [9.17, 15) is 9.59 Å². The first-order chi connectivity index (χ1) is 9.99. The average molecular weight is 309 g/mol. The van der Waals surface area contributed by atoms with Crippen molar-refractivity contribution >= 4 is 29.1 Å². The SMILES string of the molecule is Cc1noc(N)c1C(=O)OCC(=O)N(C)Cc1cccs1. The van der Waals surface area contributed by atoms with Crippen LogP contribution >= 0.6 is 11.3 Å². The van der Waals surface area contributed by atoms with E-state index in [1.807, 2.05) is 17.5 Å². The summed E-state index contributed by atoms with van der Waals surface area (Å²) in [5.41, 5.74) is 5.86. The van der Waals surface area contributed by atoms with Crippen LogP contribution in [0.5, 0.6) is 0 Å². The van der Waals surface area contributed by atoms with Crippen LogP contribution in [0.15, 0.2) is 22.0 Å². The van der Waals surface area contributed by atoms with Crippen molar-refractivity contribution in [2.24, 2.45) is 0 Å². The smallest absolute Gasteiger partial charge is 0.346 e. The van der Waals surface area contributed by atoms with E-state index in [2.05, 4.69) is 9.68 Å². The lowest BCUT2D eigenvalue weighted by atomic mass is 10.2. The van der Waals surface area contributed by atoms with Gasteiger partial charge in [0.1, 0.15) is 5.56 Å². The molecule has 2 N–H and O–H groups in total. The standard InChI is InChI=1S/C13H15N3O4S/c1-8-11(12(14)20-15-8)13(18)19-7-10(17)16(2)6-9-4-3-5-21-9/h3-5H,6-7,14H2,1-2H3. The number of carbonyl (C=O) groups excluding carboxylic acids is 2. The molecule has 0 unspecified atom stereocenters. The number of carbonyl (C=O) groups is 2. The van der Waals surface area contributed by atoms with Gasteiger partial charge in [-0.15, -0.1) is 11.3 Å². The maximum absolute atomic E-state index is 11.9. The third-order valence-electron chi connectivity index (χ3n) is 2.82. The second-order valence-corrected chi connectivity index (χ2v) is 5.44. The topological polar surface area (TPSA) is 98.7 Å². The van der Waals surface area contributed by atoms with Crippen molar-refractivity contribution in [1.82, 2.24) is 10.1 Å². The first-order valence-electron chi connectivity index (χ1n) is 6.14. The number of aryl methyl sites for hydroxylation is 1. The number of esters is 1. The minimum atomic E-state index is -0.718. The summed E-state index contributed by atoms with van der Waals surface area (Å²) < 4.78 is 9.62. The normalized spacial score (nSPS) is 10.4. The molecule has 2 aromatic heterocycles. The van der Waals surface area contributed by atoms with Crippen LogP contribution in [0.25, 0.3) is 0 Å². The van der Waals surface area contributed by atoms with E-state index in [1.165, 1.54) is 4.90 Å². The highest BCUT2D eigenvalue weighted by Crippen LogP contribution is 2.16. The predicted octanol–water partition coefficient (Wildman–Crippen LogP) is 1.44. The summed E-state index contributed by atoms with van der Waals surface area (Å²) in [6, 6.07) is 3.84. The summed E-state index contributed by atoms with van der Waals surface area (Å²) in [5, 5.41) is 5.49. The molecule has 1 amide bonds. The molecule has 2 rings (SSSR count). The average Bonchev–Trinajstić information content (AvgIpc) is 3.06. The second-order valence-electron chi connectivity index (χ2n) is 4.41. The fraction of sp³-hybridized carbons (Fsp3) is 0.308. The summed E-state index contributed by atoms with van der Waals surface area (Å²) in [5.74, 6) is -1.13. The van der Waals surface area contributed by atoms with Gasteiger partial charge in [-0.1, -0.05) is 11.2 Å². The predicted molar refractivity (Wildman–Crippen MR) is 76.7 cm³/mol. The molecule has 0 bridgehead atoms. The van der Waals surface area contributed by atoms with Crippen LogP contribution in [0.1, 0.15) is 20.9 Å². The number of amides is 1. The van der Waals surface area contributed by atoms with Gasteiger partial charge in [-0.25, -0.2) is 4.79 Å². The van der Waals surface area contributed by atoms with Crippen molar-refractivity contribution in [3.63, 3.8) is 0 Å². The summed E-state index contributed by atoms with van der Waals surface area (Å²) in [7, 11) is 1.65. The van der Waals surface area contributed by atoms with Crippen LogP contribution in [0.4, 0.5) is 5.88 Å². The highest BCUT2D eigenvalue weighted by atomic mass is 32.1. The first-order valence-corrected chi connectivity index (χ1v) is 7.02. The zero-order valence-corrected chi connectivity index (χ0v) is 12.5. The lowest BCUT2D eigenvalue weighted by molar-refractivity contribution is -0.133. The van der Waals surface area contributed by atoms with Crippen LogP contribution in [0.3, 0.4) is 0 Å². The molecule has 112 valence electrons. The molecule has 0 aromatic carbocycles. The Balaban J connectivity index is 1.87. The molecule has 0 saturated heterocycles. The number of hydrogen-bond donors (Lipinski definition) is 1. The van der Waals surface area contributed by atoms with Gasteiger partial charge < -0.3 is 19.9 Å². The van der Waals surface area contributed by atoms with Gasteiger partial charge >= 0.3 is 5.97 Å². The summed E-state index contributed by atoms with van der Waals surface area (Å²) >= 11 is 1.56. The molecular weight excluding hydrogens is 294 g/mol. The molecular formula is C13H15N3O4S. The molecule has 21 heavy (non-hydrogen) atoms. The lowest BCUT2D eigenvalue weighted by Gasteiger charge is -2.16. The molecule has 2 heterocycles. The Labute approximate surface area is 125 Å². The molecule has 0 aliphatic heterocycles. The van der Waals surface area contributed by atoms with E-state index in [4.69, 9.17) is 10.5 Å². The zero-order valence-electron chi connectivity index (χ0n) is 11.7.